The Bertz CT molecular complexity index is 1140. The maximum Gasteiger partial charge on any atom is 0.247 e. The molecule has 0 bridgehead atoms. The van der Waals surface area contributed by atoms with Crippen LogP contribution in [0, 0.1) is 0 Å². The van der Waals surface area contributed by atoms with Crippen LogP contribution in [0.1, 0.15) is 30.5 Å². The third kappa shape index (κ3) is 4.88. The molecule has 1 aliphatic rings. The van der Waals surface area contributed by atoms with E-state index in [1.807, 2.05) is 25.1 Å². The van der Waals surface area contributed by atoms with Crippen molar-refractivity contribution < 1.29 is 21.6 Å². The lowest BCUT2D eigenvalue weighted by Crippen LogP contribution is -2.26. The van der Waals surface area contributed by atoms with Crippen molar-refractivity contribution in [3.8, 4) is 5.75 Å². The first-order chi connectivity index (χ1) is 13.6. The van der Waals surface area contributed by atoms with E-state index in [0.717, 1.165) is 16.9 Å². The van der Waals surface area contributed by atoms with Crippen molar-refractivity contribution >= 4 is 31.4 Å². The molecule has 0 saturated carbocycles. The minimum Gasteiger partial charge on any atom is -0.494 e. The Hall–Kier alpha value is -2.59. The quantitative estimate of drug-likeness (QED) is 0.717. The van der Waals surface area contributed by atoms with Crippen LogP contribution in [0.25, 0.3) is 0 Å². The molecule has 2 aromatic rings. The summed E-state index contributed by atoms with van der Waals surface area (Å²) in [5.74, 6) is 0.590. The van der Waals surface area contributed by atoms with E-state index < -0.39 is 26.1 Å². The third-order valence-corrected chi connectivity index (χ3v) is 5.93. The van der Waals surface area contributed by atoms with E-state index in [2.05, 4.69) is 9.82 Å². The van der Waals surface area contributed by atoms with Gasteiger partial charge in [-0.2, -0.15) is 9.52 Å². The zero-order valence-electron chi connectivity index (χ0n) is 16.4. The summed E-state index contributed by atoms with van der Waals surface area (Å²) in [6.07, 6.45) is 2.43. The normalized spacial score (nSPS) is 17.1. The second kappa shape index (κ2) is 8.03. The number of benzene rings is 2. The van der Waals surface area contributed by atoms with Crippen molar-refractivity contribution in [2.24, 2.45) is 5.10 Å². The fraction of sp³-hybridized carbons (Fsp3) is 0.316. The first-order valence-electron chi connectivity index (χ1n) is 8.96. The number of anilines is 1. The summed E-state index contributed by atoms with van der Waals surface area (Å²) in [7, 11) is -7.18. The Morgan fingerprint density at radius 1 is 1.07 bits per heavy atom. The van der Waals surface area contributed by atoms with Gasteiger partial charge in [-0.05, 0) is 19.1 Å². The minimum atomic E-state index is -3.67. The van der Waals surface area contributed by atoms with Crippen LogP contribution in [0.3, 0.4) is 0 Å². The van der Waals surface area contributed by atoms with Crippen LogP contribution in [0.15, 0.2) is 53.6 Å². The highest BCUT2D eigenvalue weighted by atomic mass is 32.2. The van der Waals surface area contributed by atoms with Gasteiger partial charge in [0, 0.05) is 17.5 Å². The Morgan fingerprint density at radius 3 is 2.38 bits per heavy atom. The van der Waals surface area contributed by atoms with Gasteiger partial charge in [0.15, 0.2) is 0 Å². The lowest BCUT2D eigenvalue weighted by Gasteiger charge is -2.23. The molecule has 0 radical (unpaired) electrons. The molecule has 1 N–H and O–H groups in total. The Kier molecular flexibility index (Phi) is 5.85. The predicted octanol–water partition coefficient (Wildman–Crippen LogP) is 2.57. The monoisotopic (exact) mass is 437 g/mol. The number of hydrogen-bond donors (Lipinski definition) is 1. The van der Waals surface area contributed by atoms with Gasteiger partial charge in [-0.25, -0.2) is 16.8 Å². The average molecular weight is 438 g/mol. The standard InChI is InChI=1S/C19H23N3O5S2/c1-4-27-19-12-8-6-10-15(19)18-13-17(20-22(18)29(3,25)26)14-9-5-7-11-16(14)21-28(2,23)24/h5-12,18,21H,4,13H2,1-3H3. The molecule has 1 unspecified atom stereocenters. The van der Waals surface area contributed by atoms with Crippen LogP contribution in [0.2, 0.25) is 0 Å². The van der Waals surface area contributed by atoms with Crippen molar-refractivity contribution in [1.29, 1.82) is 0 Å². The lowest BCUT2D eigenvalue weighted by atomic mass is 9.97. The van der Waals surface area contributed by atoms with Crippen LogP contribution in [-0.4, -0.2) is 46.1 Å². The SMILES string of the molecule is CCOc1ccccc1C1CC(c2ccccc2NS(C)(=O)=O)=NN1S(C)(=O)=O. The van der Waals surface area contributed by atoms with Crippen LogP contribution < -0.4 is 9.46 Å². The van der Waals surface area contributed by atoms with Gasteiger partial charge >= 0.3 is 0 Å². The Labute approximate surface area is 171 Å². The van der Waals surface area contributed by atoms with Gasteiger partial charge in [0.1, 0.15) is 5.75 Å². The number of sulfonamides is 2. The van der Waals surface area contributed by atoms with E-state index in [1.54, 1.807) is 30.3 Å². The molecule has 0 fully saturated rings. The van der Waals surface area contributed by atoms with Gasteiger partial charge in [-0.3, -0.25) is 4.72 Å². The van der Waals surface area contributed by atoms with Crippen molar-refractivity contribution in [2.75, 3.05) is 23.8 Å². The average Bonchev–Trinajstić information content (AvgIpc) is 3.07. The fourth-order valence-corrected chi connectivity index (χ4v) is 4.73. The van der Waals surface area contributed by atoms with E-state index in [4.69, 9.17) is 4.74 Å². The molecule has 2 aromatic carbocycles. The zero-order chi connectivity index (χ0) is 21.2. The minimum absolute atomic E-state index is 0.277. The summed E-state index contributed by atoms with van der Waals surface area (Å²) < 4.78 is 57.5. The lowest BCUT2D eigenvalue weighted by molar-refractivity contribution is 0.317. The summed E-state index contributed by atoms with van der Waals surface area (Å²) in [6, 6.07) is 13.4. The van der Waals surface area contributed by atoms with Gasteiger partial charge in [0.25, 0.3) is 0 Å². The first-order valence-corrected chi connectivity index (χ1v) is 12.7. The first kappa shape index (κ1) is 21.1. The van der Waals surface area contributed by atoms with Gasteiger partial charge in [-0.15, -0.1) is 0 Å². The van der Waals surface area contributed by atoms with Crippen molar-refractivity contribution in [3.05, 3.63) is 59.7 Å². The summed E-state index contributed by atoms with van der Waals surface area (Å²) in [5, 5.41) is 4.35. The molecule has 29 heavy (non-hydrogen) atoms. The molecular formula is C19H23N3O5S2. The smallest absolute Gasteiger partial charge is 0.247 e. The molecule has 1 atom stereocenters. The van der Waals surface area contributed by atoms with E-state index in [-0.39, 0.29) is 6.42 Å². The van der Waals surface area contributed by atoms with Crippen LogP contribution in [0.4, 0.5) is 5.69 Å². The molecule has 0 saturated heterocycles. The highest BCUT2D eigenvalue weighted by Gasteiger charge is 2.36. The molecule has 8 nitrogen and oxygen atoms in total. The molecule has 1 aliphatic heterocycles. The van der Waals surface area contributed by atoms with Crippen LogP contribution >= 0.6 is 0 Å². The van der Waals surface area contributed by atoms with Crippen LogP contribution in [-0.2, 0) is 20.0 Å². The van der Waals surface area contributed by atoms with Crippen molar-refractivity contribution in [2.45, 2.75) is 19.4 Å². The molecular weight excluding hydrogens is 414 g/mol. The summed E-state index contributed by atoms with van der Waals surface area (Å²) >= 11 is 0. The van der Waals surface area contributed by atoms with Gasteiger partial charge in [0.05, 0.1) is 36.6 Å². The maximum absolute atomic E-state index is 12.4. The van der Waals surface area contributed by atoms with Gasteiger partial charge < -0.3 is 4.74 Å². The fourth-order valence-electron chi connectivity index (χ4n) is 3.26. The van der Waals surface area contributed by atoms with E-state index in [0.29, 0.717) is 34.9 Å². The molecule has 156 valence electrons. The van der Waals surface area contributed by atoms with E-state index >= 15 is 0 Å². The molecule has 0 aromatic heterocycles. The number of hydrogen-bond acceptors (Lipinski definition) is 6. The zero-order valence-corrected chi connectivity index (χ0v) is 18.0. The van der Waals surface area contributed by atoms with E-state index in [1.165, 1.54) is 0 Å². The number of ether oxygens (including phenoxy) is 1. The highest BCUT2D eigenvalue weighted by Crippen LogP contribution is 2.39. The molecule has 0 amide bonds. The Morgan fingerprint density at radius 2 is 1.72 bits per heavy atom. The number of nitrogens with zero attached hydrogens (tertiary/aromatic N) is 2. The molecule has 0 spiro atoms. The highest BCUT2D eigenvalue weighted by molar-refractivity contribution is 7.92. The Balaban J connectivity index is 2.07. The number of rotatable bonds is 7. The summed E-state index contributed by atoms with van der Waals surface area (Å²) in [6.45, 7) is 2.30. The second-order valence-electron chi connectivity index (χ2n) is 6.69. The molecule has 3 rings (SSSR count). The summed E-state index contributed by atoms with van der Waals surface area (Å²) in [5.41, 5.74) is 2.05. The molecule has 1 heterocycles. The molecule has 0 aliphatic carbocycles. The van der Waals surface area contributed by atoms with Crippen LogP contribution in [0.5, 0.6) is 5.75 Å². The topological polar surface area (TPSA) is 105 Å². The molecule has 10 heteroatoms. The number of para-hydroxylation sites is 2. The van der Waals surface area contributed by atoms with Crippen molar-refractivity contribution in [1.82, 2.24) is 4.41 Å². The largest absolute Gasteiger partial charge is 0.494 e. The van der Waals surface area contributed by atoms with Gasteiger partial charge in [-0.1, -0.05) is 36.4 Å². The third-order valence-electron chi connectivity index (χ3n) is 4.32. The maximum atomic E-state index is 12.4. The van der Waals surface area contributed by atoms with Gasteiger partial charge in [0.2, 0.25) is 20.0 Å². The number of hydrazone groups is 1. The van der Waals surface area contributed by atoms with E-state index in [9.17, 15) is 16.8 Å². The predicted molar refractivity (Wildman–Crippen MR) is 113 cm³/mol. The summed E-state index contributed by atoms with van der Waals surface area (Å²) in [4.78, 5) is 0. The van der Waals surface area contributed by atoms with Crippen molar-refractivity contribution in [3.63, 3.8) is 0 Å². The number of nitrogens with one attached hydrogen (secondary N) is 1. The second-order valence-corrected chi connectivity index (χ2v) is 10.3.